The molecule has 4 aromatic rings. The van der Waals surface area contributed by atoms with E-state index in [2.05, 4.69) is 35.4 Å². The molecule has 2 heterocycles. The van der Waals surface area contributed by atoms with Crippen LogP contribution in [0.4, 0.5) is 0 Å². The van der Waals surface area contributed by atoms with Gasteiger partial charge in [-0.1, -0.05) is 36.4 Å². The fourth-order valence-corrected chi connectivity index (χ4v) is 3.38. The lowest BCUT2D eigenvalue weighted by Gasteiger charge is -2.07. The molecule has 0 atom stereocenters. The molecule has 0 saturated heterocycles. The third kappa shape index (κ3) is 2.46. The third-order valence-electron chi connectivity index (χ3n) is 4.91. The number of imidazole rings is 1. The number of nitriles is 1. The van der Waals surface area contributed by atoms with E-state index in [0.717, 1.165) is 33.9 Å². The molecule has 0 amide bonds. The van der Waals surface area contributed by atoms with Crippen molar-refractivity contribution in [3.8, 4) is 28.5 Å². The smallest absolute Gasteiger partial charge is 0.234 e. The van der Waals surface area contributed by atoms with Crippen LogP contribution in [0.15, 0.2) is 67.0 Å². The van der Waals surface area contributed by atoms with Crippen molar-refractivity contribution in [3.05, 3.63) is 78.2 Å². The quantitative estimate of drug-likeness (QED) is 0.539. The Morgan fingerprint density at radius 2 is 1.85 bits per heavy atom. The van der Waals surface area contributed by atoms with Crippen LogP contribution in [0.25, 0.3) is 28.2 Å². The molecule has 26 heavy (non-hydrogen) atoms. The number of hydrogen-bond acceptors (Lipinski definition) is 3. The molecule has 0 radical (unpaired) electrons. The van der Waals surface area contributed by atoms with Gasteiger partial charge in [-0.05, 0) is 42.2 Å². The molecular formula is C22H16N4. The summed E-state index contributed by atoms with van der Waals surface area (Å²) in [4.78, 5) is 9.20. The van der Waals surface area contributed by atoms with E-state index in [1.165, 1.54) is 12.8 Å². The maximum absolute atomic E-state index is 9.38. The molecule has 1 fully saturated rings. The van der Waals surface area contributed by atoms with Crippen LogP contribution in [0.1, 0.15) is 30.0 Å². The highest BCUT2D eigenvalue weighted by Crippen LogP contribution is 2.39. The van der Waals surface area contributed by atoms with Crippen LogP contribution in [-0.4, -0.2) is 14.4 Å². The van der Waals surface area contributed by atoms with Crippen molar-refractivity contribution in [3.63, 3.8) is 0 Å². The average molecular weight is 336 g/mol. The minimum absolute atomic E-state index is 0.617. The summed E-state index contributed by atoms with van der Waals surface area (Å²) in [5.74, 6) is 1.36. The minimum Gasteiger partial charge on any atom is -0.284 e. The predicted molar refractivity (Wildman–Crippen MR) is 101 cm³/mol. The van der Waals surface area contributed by atoms with E-state index in [1.54, 1.807) is 0 Å². The molecule has 0 spiro atoms. The Morgan fingerprint density at radius 1 is 1.00 bits per heavy atom. The standard InChI is InChI=1S/C22H16N4/c23-13-18-4-1-2-7-19(18)16-5-3-6-17(12-16)21-14-24-22-25-20(15-8-9-15)10-11-26(21)22/h1-7,10-12,14-15H,8-9H2. The first-order valence-electron chi connectivity index (χ1n) is 8.77. The Labute approximate surface area is 151 Å². The number of rotatable bonds is 3. The van der Waals surface area contributed by atoms with Gasteiger partial charge in [-0.3, -0.25) is 4.40 Å². The van der Waals surface area contributed by atoms with E-state index in [4.69, 9.17) is 4.98 Å². The second kappa shape index (κ2) is 5.82. The van der Waals surface area contributed by atoms with Crippen LogP contribution < -0.4 is 0 Å². The highest BCUT2D eigenvalue weighted by molar-refractivity contribution is 5.75. The third-order valence-corrected chi connectivity index (χ3v) is 4.91. The van der Waals surface area contributed by atoms with Gasteiger partial charge in [-0.2, -0.15) is 5.26 Å². The first-order chi connectivity index (χ1) is 12.8. The van der Waals surface area contributed by atoms with Gasteiger partial charge in [0.1, 0.15) is 0 Å². The van der Waals surface area contributed by atoms with Crippen molar-refractivity contribution in [1.29, 1.82) is 5.26 Å². The normalized spacial score (nSPS) is 13.7. The summed E-state index contributed by atoms with van der Waals surface area (Å²) in [5, 5.41) is 9.38. The second-order valence-corrected chi connectivity index (χ2v) is 6.68. The van der Waals surface area contributed by atoms with Gasteiger partial charge in [0.15, 0.2) is 0 Å². The molecule has 4 heteroatoms. The lowest BCUT2D eigenvalue weighted by molar-refractivity contribution is 0.985. The maximum Gasteiger partial charge on any atom is 0.234 e. The molecule has 4 nitrogen and oxygen atoms in total. The molecule has 2 aromatic heterocycles. The van der Waals surface area contributed by atoms with Gasteiger partial charge in [0.05, 0.1) is 23.5 Å². The summed E-state index contributed by atoms with van der Waals surface area (Å²) >= 11 is 0. The zero-order valence-electron chi connectivity index (χ0n) is 14.1. The maximum atomic E-state index is 9.38. The van der Waals surface area contributed by atoms with Crippen molar-refractivity contribution in [2.24, 2.45) is 0 Å². The topological polar surface area (TPSA) is 54.0 Å². The summed E-state index contributed by atoms with van der Waals surface area (Å²) in [6, 6.07) is 20.3. The predicted octanol–water partition coefficient (Wildman–Crippen LogP) is 4.81. The van der Waals surface area contributed by atoms with E-state index in [0.29, 0.717) is 11.5 Å². The van der Waals surface area contributed by atoms with Crippen LogP contribution in [0, 0.1) is 11.3 Å². The van der Waals surface area contributed by atoms with E-state index in [-0.39, 0.29) is 0 Å². The highest BCUT2D eigenvalue weighted by atomic mass is 15.1. The minimum atomic E-state index is 0.617. The van der Waals surface area contributed by atoms with E-state index >= 15 is 0 Å². The van der Waals surface area contributed by atoms with Gasteiger partial charge in [-0.15, -0.1) is 0 Å². The van der Waals surface area contributed by atoms with Gasteiger partial charge in [0, 0.05) is 23.4 Å². The van der Waals surface area contributed by atoms with E-state index in [1.807, 2.05) is 47.0 Å². The Bertz CT molecular complexity index is 1160. The fraction of sp³-hybridized carbons (Fsp3) is 0.136. The molecular weight excluding hydrogens is 320 g/mol. The van der Waals surface area contributed by atoms with Crippen LogP contribution in [0.2, 0.25) is 0 Å². The van der Waals surface area contributed by atoms with Crippen LogP contribution >= 0.6 is 0 Å². The Kier molecular flexibility index (Phi) is 3.32. The Morgan fingerprint density at radius 3 is 2.69 bits per heavy atom. The Hall–Kier alpha value is -3.45. The first-order valence-corrected chi connectivity index (χ1v) is 8.77. The van der Waals surface area contributed by atoms with E-state index < -0.39 is 0 Å². The summed E-state index contributed by atoms with van der Waals surface area (Å²) in [5.41, 5.74) is 5.86. The molecule has 1 saturated carbocycles. The number of hydrogen-bond donors (Lipinski definition) is 0. The van der Waals surface area contributed by atoms with E-state index in [9.17, 15) is 5.26 Å². The molecule has 1 aliphatic carbocycles. The molecule has 0 N–H and O–H groups in total. The second-order valence-electron chi connectivity index (χ2n) is 6.68. The Balaban J connectivity index is 1.61. The lowest BCUT2D eigenvalue weighted by atomic mass is 9.98. The van der Waals surface area contributed by atoms with Gasteiger partial charge >= 0.3 is 0 Å². The molecule has 1 aliphatic rings. The molecule has 5 rings (SSSR count). The number of nitrogens with zero attached hydrogens (tertiary/aromatic N) is 4. The molecule has 124 valence electrons. The lowest BCUT2D eigenvalue weighted by Crippen LogP contribution is -1.95. The van der Waals surface area contributed by atoms with Crippen LogP contribution in [0.3, 0.4) is 0 Å². The molecule has 0 bridgehead atoms. The SMILES string of the molecule is N#Cc1ccccc1-c1cccc(-c2cnc3nc(C4CC4)ccn23)c1. The van der Waals surface area contributed by atoms with Crippen molar-refractivity contribution in [2.75, 3.05) is 0 Å². The average Bonchev–Trinajstić information content (AvgIpc) is 3.47. The largest absolute Gasteiger partial charge is 0.284 e. The van der Waals surface area contributed by atoms with Crippen LogP contribution in [-0.2, 0) is 0 Å². The van der Waals surface area contributed by atoms with Gasteiger partial charge in [0.25, 0.3) is 0 Å². The van der Waals surface area contributed by atoms with Crippen molar-refractivity contribution < 1.29 is 0 Å². The first kappa shape index (κ1) is 14.9. The summed E-state index contributed by atoms with van der Waals surface area (Å²) < 4.78 is 2.03. The van der Waals surface area contributed by atoms with Gasteiger partial charge in [0.2, 0.25) is 5.78 Å². The van der Waals surface area contributed by atoms with Crippen molar-refractivity contribution in [2.45, 2.75) is 18.8 Å². The van der Waals surface area contributed by atoms with Gasteiger partial charge < -0.3 is 0 Å². The number of benzene rings is 2. The zero-order chi connectivity index (χ0) is 17.5. The fourth-order valence-electron chi connectivity index (χ4n) is 3.38. The van der Waals surface area contributed by atoms with Crippen molar-refractivity contribution in [1.82, 2.24) is 14.4 Å². The summed E-state index contributed by atoms with van der Waals surface area (Å²) in [7, 11) is 0. The van der Waals surface area contributed by atoms with Crippen molar-refractivity contribution >= 4 is 5.78 Å². The molecule has 2 aromatic carbocycles. The molecule has 0 unspecified atom stereocenters. The highest BCUT2D eigenvalue weighted by Gasteiger charge is 2.25. The van der Waals surface area contributed by atoms with Crippen LogP contribution in [0.5, 0.6) is 0 Å². The number of aromatic nitrogens is 3. The molecule has 0 aliphatic heterocycles. The summed E-state index contributed by atoms with van der Waals surface area (Å²) in [6.45, 7) is 0. The zero-order valence-corrected chi connectivity index (χ0v) is 14.1. The monoisotopic (exact) mass is 336 g/mol. The number of fused-ring (bicyclic) bond motifs is 1. The summed E-state index contributed by atoms with van der Waals surface area (Å²) in [6.07, 6.45) is 6.40. The van der Waals surface area contributed by atoms with Gasteiger partial charge in [-0.25, -0.2) is 9.97 Å².